The van der Waals surface area contributed by atoms with Gasteiger partial charge in [0.2, 0.25) is 5.91 Å². The first-order valence-corrected chi connectivity index (χ1v) is 5.32. The van der Waals surface area contributed by atoms with Crippen LogP contribution in [0.3, 0.4) is 0 Å². The Hall–Kier alpha value is -1.59. The molecule has 96 valence electrons. The fourth-order valence-corrected chi connectivity index (χ4v) is 1.55. The van der Waals surface area contributed by atoms with E-state index in [2.05, 4.69) is 0 Å². The maximum Gasteiger partial charge on any atom is 0.417 e. The van der Waals surface area contributed by atoms with Crippen molar-refractivity contribution in [3.8, 4) is 0 Å². The molecule has 2 amide bonds. The lowest BCUT2D eigenvalue weighted by atomic mass is 9.90. The minimum absolute atomic E-state index is 0.143. The first kappa shape index (κ1) is 13.5. The number of carboxylic acid groups (broad SMARTS) is 1. The number of carbonyl (C=O) groups is 3. The van der Waals surface area contributed by atoms with Crippen LogP contribution in [0.4, 0.5) is 4.79 Å². The molecular formula is C11H17NO5. The molecule has 0 aromatic heterocycles. The number of nitrogens with zero attached hydrogens (tertiary/aromatic N) is 1. The molecule has 1 atom stereocenters. The van der Waals surface area contributed by atoms with Gasteiger partial charge in [-0.05, 0) is 27.7 Å². The number of rotatable bonds is 1. The van der Waals surface area contributed by atoms with Gasteiger partial charge in [-0.3, -0.25) is 9.59 Å². The van der Waals surface area contributed by atoms with E-state index in [1.165, 1.54) is 6.92 Å². The molecule has 0 unspecified atom stereocenters. The number of hydrogen-bond donors (Lipinski definition) is 1. The predicted octanol–water partition coefficient (Wildman–Crippen LogP) is 1.24. The lowest BCUT2D eigenvalue weighted by Crippen LogP contribution is -2.39. The number of aliphatic carboxylic acids is 1. The molecule has 1 aliphatic heterocycles. The van der Waals surface area contributed by atoms with Crippen LogP contribution in [-0.4, -0.2) is 40.1 Å². The molecular weight excluding hydrogens is 226 g/mol. The molecule has 0 aromatic rings. The van der Waals surface area contributed by atoms with Gasteiger partial charge in [-0.15, -0.1) is 0 Å². The summed E-state index contributed by atoms with van der Waals surface area (Å²) in [4.78, 5) is 35.1. The van der Waals surface area contributed by atoms with Gasteiger partial charge in [0.25, 0.3) is 0 Å². The first-order valence-electron chi connectivity index (χ1n) is 5.32. The lowest BCUT2D eigenvalue weighted by molar-refractivity contribution is -0.147. The van der Waals surface area contributed by atoms with Gasteiger partial charge >= 0.3 is 12.1 Å². The highest BCUT2D eigenvalue weighted by Gasteiger charge is 2.48. The number of carbonyl (C=O) groups excluding carboxylic acids is 2. The topological polar surface area (TPSA) is 83.9 Å². The average molecular weight is 243 g/mol. The molecule has 17 heavy (non-hydrogen) atoms. The Morgan fingerprint density at radius 2 is 1.94 bits per heavy atom. The summed E-state index contributed by atoms with van der Waals surface area (Å²) in [6, 6.07) is 0. The zero-order valence-electron chi connectivity index (χ0n) is 10.4. The third-order valence-electron chi connectivity index (χ3n) is 2.48. The van der Waals surface area contributed by atoms with Crippen molar-refractivity contribution in [2.75, 3.05) is 6.54 Å². The third kappa shape index (κ3) is 2.95. The molecule has 0 aromatic carbocycles. The molecule has 0 radical (unpaired) electrons. The van der Waals surface area contributed by atoms with E-state index in [9.17, 15) is 14.4 Å². The molecule has 1 rings (SSSR count). The summed E-state index contributed by atoms with van der Waals surface area (Å²) < 4.78 is 5.04. The molecule has 1 fully saturated rings. The summed E-state index contributed by atoms with van der Waals surface area (Å²) in [5.41, 5.74) is -1.92. The van der Waals surface area contributed by atoms with E-state index in [1.54, 1.807) is 20.8 Å². The van der Waals surface area contributed by atoms with Crippen molar-refractivity contribution in [3.63, 3.8) is 0 Å². The Morgan fingerprint density at radius 3 is 2.29 bits per heavy atom. The zero-order chi connectivity index (χ0) is 13.4. The Bertz CT molecular complexity index is 371. The van der Waals surface area contributed by atoms with Gasteiger partial charge in [0.15, 0.2) is 0 Å². The maximum absolute atomic E-state index is 11.7. The van der Waals surface area contributed by atoms with Gasteiger partial charge in [-0.2, -0.15) is 0 Å². The smallest absolute Gasteiger partial charge is 0.417 e. The molecule has 1 saturated heterocycles. The summed E-state index contributed by atoms with van der Waals surface area (Å²) in [5, 5.41) is 8.99. The van der Waals surface area contributed by atoms with Crippen molar-refractivity contribution in [3.05, 3.63) is 0 Å². The third-order valence-corrected chi connectivity index (χ3v) is 2.48. The summed E-state index contributed by atoms with van der Waals surface area (Å²) in [5.74, 6) is -1.60. The van der Waals surface area contributed by atoms with Gasteiger partial charge in [-0.1, -0.05) is 0 Å². The number of ether oxygens (including phenoxy) is 1. The highest BCUT2D eigenvalue weighted by atomic mass is 16.6. The zero-order valence-corrected chi connectivity index (χ0v) is 10.4. The number of imide groups is 1. The van der Waals surface area contributed by atoms with Crippen LogP contribution in [0, 0.1) is 5.41 Å². The van der Waals surface area contributed by atoms with E-state index in [0.29, 0.717) is 0 Å². The van der Waals surface area contributed by atoms with Crippen LogP contribution in [0.1, 0.15) is 34.1 Å². The minimum atomic E-state index is -1.21. The summed E-state index contributed by atoms with van der Waals surface area (Å²) in [6.45, 7) is 6.35. The Balaban J connectivity index is 2.79. The molecule has 1 heterocycles. The van der Waals surface area contributed by atoms with Crippen LogP contribution in [0.5, 0.6) is 0 Å². The Labute approximate surface area is 99.5 Å². The van der Waals surface area contributed by atoms with Crippen molar-refractivity contribution in [1.29, 1.82) is 0 Å². The molecule has 0 aliphatic carbocycles. The fraction of sp³-hybridized carbons (Fsp3) is 0.727. The highest BCUT2D eigenvalue weighted by molar-refractivity contribution is 5.98. The standard InChI is InChI=1S/C11H17NO5/c1-10(2,3)17-9(16)12-6-11(4,8(14)15)5-7(12)13/h5-6H2,1-4H3,(H,14,15)/t11-/m1/s1. The molecule has 1 aliphatic rings. The minimum Gasteiger partial charge on any atom is -0.481 e. The first-order chi connectivity index (χ1) is 7.55. The van der Waals surface area contributed by atoms with Crippen molar-refractivity contribution in [1.82, 2.24) is 4.90 Å². The summed E-state index contributed by atoms with van der Waals surface area (Å²) >= 11 is 0. The fourth-order valence-electron chi connectivity index (χ4n) is 1.55. The van der Waals surface area contributed by atoms with Gasteiger partial charge in [0.1, 0.15) is 5.60 Å². The SMILES string of the molecule is CC(C)(C)OC(=O)N1C[C@](C)(C(=O)O)CC1=O. The monoisotopic (exact) mass is 243 g/mol. The summed E-state index contributed by atoms with van der Waals surface area (Å²) in [6.07, 6.45) is -0.964. The molecule has 0 saturated carbocycles. The van der Waals surface area contributed by atoms with Gasteiger partial charge in [0, 0.05) is 13.0 Å². The molecule has 0 spiro atoms. The van der Waals surface area contributed by atoms with Crippen LogP contribution >= 0.6 is 0 Å². The Kier molecular flexibility index (Phi) is 3.18. The van der Waals surface area contributed by atoms with E-state index in [-0.39, 0.29) is 13.0 Å². The van der Waals surface area contributed by atoms with E-state index in [1.807, 2.05) is 0 Å². The van der Waals surface area contributed by atoms with Crippen LogP contribution < -0.4 is 0 Å². The van der Waals surface area contributed by atoms with E-state index < -0.39 is 29.0 Å². The molecule has 1 N–H and O–H groups in total. The second-order valence-corrected chi connectivity index (χ2v) is 5.50. The molecule has 0 bridgehead atoms. The maximum atomic E-state index is 11.7. The van der Waals surface area contributed by atoms with Crippen LogP contribution in [0.25, 0.3) is 0 Å². The largest absolute Gasteiger partial charge is 0.481 e. The van der Waals surface area contributed by atoms with E-state index >= 15 is 0 Å². The van der Waals surface area contributed by atoms with Gasteiger partial charge < -0.3 is 9.84 Å². The number of carboxylic acids is 1. The van der Waals surface area contributed by atoms with E-state index in [0.717, 1.165) is 4.90 Å². The predicted molar refractivity (Wildman–Crippen MR) is 58.3 cm³/mol. The van der Waals surface area contributed by atoms with Crippen molar-refractivity contribution in [2.24, 2.45) is 5.41 Å². The van der Waals surface area contributed by atoms with Crippen LogP contribution in [0.15, 0.2) is 0 Å². The van der Waals surface area contributed by atoms with Crippen molar-refractivity contribution in [2.45, 2.75) is 39.7 Å². The van der Waals surface area contributed by atoms with E-state index in [4.69, 9.17) is 9.84 Å². The average Bonchev–Trinajstić information content (AvgIpc) is 2.40. The van der Waals surface area contributed by atoms with Crippen LogP contribution in [-0.2, 0) is 14.3 Å². The van der Waals surface area contributed by atoms with Crippen molar-refractivity contribution < 1.29 is 24.2 Å². The normalized spacial score (nSPS) is 24.9. The van der Waals surface area contributed by atoms with Crippen molar-refractivity contribution >= 4 is 18.0 Å². The second kappa shape index (κ2) is 4.01. The van der Waals surface area contributed by atoms with Crippen LogP contribution in [0.2, 0.25) is 0 Å². The quantitative estimate of drug-likeness (QED) is 0.749. The number of amides is 2. The number of hydrogen-bond acceptors (Lipinski definition) is 4. The van der Waals surface area contributed by atoms with Gasteiger partial charge in [0.05, 0.1) is 5.41 Å². The molecule has 6 heteroatoms. The highest BCUT2D eigenvalue weighted by Crippen LogP contribution is 2.32. The number of likely N-dealkylation sites (tertiary alicyclic amines) is 1. The second-order valence-electron chi connectivity index (χ2n) is 5.50. The lowest BCUT2D eigenvalue weighted by Gasteiger charge is -2.24. The molecule has 6 nitrogen and oxygen atoms in total. The van der Waals surface area contributed by atoms with Gasteiger partial charge in [-0.25, -0.2) is 9.69 Å². The summed E-state index contributed by atoms with van der Waals surface area (Å²) in [7, 11) is 0. The Morgan fingerprint density at radius 1 is 1.41 bits per heavy atom.